The van der Waals surface area contributed by atoms with Gasteiger partial charge in [0.2, 0.25) is 10.0 Å². The second-order valence-electron chi connectivity index (χ2n) is 5.96. The maximum Gasteiger partial charge on any atom is 0.350 e. The highest BCUT2D eigenvalue weighted by Gasteiger charge is 2.31. The van der Waals surface area contributed by atoms with Crippen molar-refractivity contribution in [3.8, 4) is 5.75 Å². The van der Waals surface area contributed by atoms with Gasteiger partial charge in [0.1, 0.15) is 15.5 Å². The summed E-state index contributed by atoms with van der Waals surface area (Å²) in [5.74, 6) is 0.494. The number of methoxy groups -OCH3 is 1. The van der Waals surface area contributed by atoms with Crippen molar-refractivity contribution in [1.29, 1.82) is 0 Å². The fraction of sp³-hybridized carbons (Fsp3) is 0.333. The molecule has 0 aliphatic carbocycles. The zero-order valence-electron chi connectivity index (χ0n) is 15.6. The molecule has 29 heavy (non-hydrogen) atoms. The van der Waals surface area contributed by atoms with Crippen LogP contribution in [0, 0.1) is 0 Å². The van der Waals surface area contributed by atoms with Crippen LogP contribution in [0.15, 0.2) is 40.6 Å². The van der Waals surface area contributed by atoms with E-state index >= 15 is 0 Å². The number of ether oxygens (including phenoxy) is 2. The molecule has 0 spiro atoms. The summed E-state index contributed by atoms with van der Waals surface area (Å²) in [6.07, 6.45) is 0. The topological polar surface area (TPSA) is 102 Å². The molecule has 1 aliphatic heterocycles. The monoisotopic (exact) mass is 456 g/mol. The summed E-state index contributed by atoms with van der Waals surface area (Å²) in [6, 6.07) is 8.22. The molecule has 1 fully saturated rings. The van der Waals surface area contributed by atoms with Crippen LogP contribution in [0.1, 0.15) is 9.67 Å². The third-order valence-electron chi connectivity index (χ3n) is 4.12. The summed E-state index contributed by atoms with van der Waals surface area (Å²) in [6.45, 7) is 0.256. The number of thioether (sulfide) groups is 1. The molecule has 1 N–H and O–H groups in total. The molecule has 2 heterocycles. The Kier molecular flexibility index (Phi) is 7.17. The van der Waals surface area contributed by atoms with Crippen molar-refractivity contribution in [3.63, 3.8) is 0 Å². The van der Waals surface area contributed by atoms with Gasteiger partial charge in [-0.25, -0.2) is 13.2 Å². The molecular weight excluding hydrogens is 436 g/mol. The highest BCUT2D eigenvalue weighted by atomic mass is 32.2. The fourth-order valence-electron chi connectivity index (χ4n) is 2.71. The van der Waals surface area contributed by atoms with Gasteiger partial charge in [-0.1, -0.05) is 12.1 Å². The van der Waals surface area contributed by atoms with E-state index in [9.17, 15) is 18.0 Å². The van der Waals surface area contributed by atoms with Crippen LogP contribution in [-0.4, -0.2) is 62.9 Å². The minimum absolute atomic E-state index is 0.0340. The van der Waals surface area contributed by atoms with Gasteiger partial charge in [-0.3, -0.25) is 4.79 Å². The predicted octanol–water partition coefficient (Wildman–Crippen LogP) is 2.29. The van der Waals surface area contributed by atoms with E-state index in [0.29, 0.717) is 36.0 Å². The van der Waals surface area contributed by atoms with E-state index in [2.05, 4.69) is 5.32 Å². The maximum absolute atomic E-state index is 12.8. The minimum atomic E-state index is -3.78. The van der Waals surface area contributed by atoms with Gasteiger partial charge < -0.3 is 14.8 Å². The highest BCUT2D eigenvalue weighted by molar-refractivity contribution is 7.99. The third-order valence-corrected chi connectivity index (χ3v) is 8.02. The van der Waals surface area contributed by atoms with E-state index < -0.39 is 28.5 Å². The largest absolute Gasteiger partial charge is 0.495 e. The maximum atomic E-state index is 12.8. The van der Waals surface area contributed by atoms with Gasteiger partial charge in [0.15, 0.2) is 6.61 Å². The molecule has 0 radical (unpaired) electrons. The van der Waals surface area contributed by atoms with E-state index in [4.69, 9.17) is 9.47 Å². The van der Waals surface area contributed by atoms with Crippen molar-refractivity contribution in [1.82, 2.24) is 4.31 Å². The smallest absolute Gasteiger partial charge is 0.350 e. The fourth-order valence-corrected chi connectivity index (χ4v) is 6.57. The Labute approximate surface area is 177 Å². The number of benzene rings is 1. The molecule has 0 atom stereocenters. The van der Waals surface area contributed by atoms with Crippen LogP contribution in [0.2, 0.25) is 0 Å². The molecule has 1 amide bonds. The van der Waals surface area contributed by atoms with Crippen molar-refractivity contribution in [2.75, 3.05) is 43.6 Å². The van der Waals surface area contributed by atoms with E-state index in [1.807, 2.05) is 0 Å². The Bertz CT molecular complexity index is 983. The van der Waals surface area contributed by atoms with Crippen molar-refractivity contribution in [3.05, 3.63) is 40.6 Å². The first kappa shape index (κ1) is 21.6. The molecule has 156 valence electrons. The van der Waals surface area contributed by atoms with Crippen LogP contribution in [0.5, 0.6) is 5.75 Å². The van der Waals surface area contributed by atoms with Gasteiger partial charge in [-0.05, 0) is 23.6 Å². The second-order valence-corrected chi connectivity index (χ2v) is 10.0. The number of esters is 1. The van der Waals surface area contributed by atoms with Crippen molar-refractivity contribution < 1.29 is 27.5 Å². The lowest BCUT2D eigenvalue weighted by atomic mass is 10.3. The average molecular weight is 457 g/mol. The Morgan fingerprint density at radius 3 is 2.62 bits per heavy atom. The van der Waals surface area contributed by atoms with Crippen LogP contribution >= 0.6 is 23.1 Å². The number of hydrogen-bond donors (Lipinski definition) is 1. The minimum Gasteiger partial charge on any atom is -0.495 e. The SMILES string of the molecule is COc1ccccc1NC(=O)COC(=O)c1sccc1S(=O)(=O)N1CCSCC1. The Hall–Kier alpha value is -2.08. The van der Waals surface area contributed by atoms with Crippen LogP contribution in [0.25, 0.3) is 0 Å². The molecule has 1 aromatic heterocycles. The number of anilines is 1. The van der Waals surface area contributed by atoms with E-state index in [1.54, 1.807) is 36.0 Å². The summed E-state index contributed by atoms with van der Waals surface area (Å²) < 4.78 is 37.3. The van der Waals surface area contributed by atoms with Gasteiger partial charge in [-0.15, -0.1) is 11.3 Å². The van der Waals surface area contributed by atoms with Crippen molar-refractivity contribution >= 4 is 50.7 Å². The average Bonchev–Trinajstić information content (AvgIpc) is 3.24. The lowest BCUT2D eigenvalue weighted by Crippen LogP contribution is -2.38. The van der Waals surface area contributed by atoms with E-state index in [0.717, 1.165) is 11.3 Å². The molecular formula is C18H20N2O6S3. The van der Waals surface area contributed by atoms with Crippen LogP contribution < -0.4 is 10.1 Å². The number of rotatable bonds is 7. The molecule has 8 nitrogen and oxygen atoms in total. The van der Waals surface area contributed by atoms with Gasteiger partial charge in [0.25, 0.3) is 5.91 Å². The number of nitrogens with one attached hydrogen (secondary N) is 1. The molecule has 0 bridgehead atoms. The molecule has 1 aliphatic rings. The Morgan fingerprint density at radius 1 is 1.17 bits per heavy atom. The number of sulfonamides is 1. The first-order valence-corrected chi connectivity index (χ1v) is 12.2. The summed E-state index contributed by atoms with van der Waals surface area (Å²) in [4.78, 5) is 24.4. The predicted molar refractivity (Wildman–Crippen MR) is 112 cm³/mol. The number of para-hydroxylation sites is 2. The van der Waals surface area contributed by atoms with Gasteiger partial charge in [0.05, 0.1) is 12.8 Å². The zero-order valence-corrected chi connectivity index (χ0v) is 18.1. The van der Waals surface area contributed by atoms with Gasteiger partial charge in [0, 0.05) is 24.6 Å². The molecule has 1 saturated heterocycles. The molecule has 0 saturated carbocycles. The number of carbonyl (C=O) groups excluding carboxylic acids is 2. The molecule has 3 rings (SSSR count). The molecule has 1 aromatic carbocycles. The summed E-state index contributed by atoms with van der Waals surface area (Å²) in [7, 11) is -2.30. The van der Waals surface area contributed by atoms with Crippen molar-refractivity contribution in [2.24, 2.45) is 0 Å². The lowest BCUT2D eigenvalue weighted by Gasteiger charge is -2.25. The third kappa shape index (κ3) is 5.10. The van der Waals surface area contributed by atoms with Crippen molar-refractivity contribution in [2.45, 2.75) is 4.90 Å². The quantitative estimate of drug-likeness (QED) is 0.638. The van der Waals surface area contributed by atoms with Gasteiger partial charge in [-0.2, -0.15) is 16.1 Å². The normalized spacial score (nSPS) is 14.9. The lowest BCUT2D eigenvalue weighted by molar-refractivity contribution is -0.119. The number of thiophene rings is 1. The Morgan fingerprint density at radius 2 is 1.90 bits per heavy atom. The molecule has 0 unspecified atom stereocenters. The van der Waals surface area contributed by atoms with E-state index in [1.165, 1.54) is 22.9 Å². The number of hydrogen-bond acceptors (Lipinski definition) is 8. The zero-order chi connectivity index (χ0) is 20.9. The summed E-state index contributed by atoms with van der Waals surface area (Å²) in [5.41, 5.74) is 0.443. The summed E-state index contributed by atoms with van der Waals surface area (Å²) >= 11 is 2.66. The highest BCUT2D eigenvalue weighted by Crippen LogP contribution is 2.28. The standard InChI is InChI=1S/C18H20N2O6S3/c1-25-14-5-3-2-4-13(14)19-16(21)12-26-18(22)17-15(6-9-28-17)29(23,24)20-7-10-27-11-8-20/h2-6,9H,7-8,10-12H2,1H3,(H,19,21). The van der Waals surface area contributed by atoms with E-state index in [-0.39, 0.29) is 9.77 Å². The van der Waals surface area contributed by atoms with Crippen LogP contribution in [-0.2, 0) is 19.6 Å². The number of amides is 1. The molecule has 11 heteroatoms. The summed E-state index contributed by atoms with van der Waals surface area (Å²) in [5, 5.41) is 4.12. The second kappa shape index (κ2) is 9.61. The van der Waals surface area contributed by atoms with Crippen LogP contribution in [0.3, 0.4) is 0 Å². The first-order chi connectivity index (χ1) is 13.9. The first-order valence-electron chi connectivity index (χ1n) is 8.69. The molecule has 2 aromatic rings. The number of carbonyl (C=O) groups is 2. The van der Waals surface area contributed by atoms with Gasteiger partial charge >= 0.3 is 5.97 Å². The van der Waals surface area contributed by atoms with Crippen LogP contribution in [0.4, 0.5) is 5.69 Å². The Balaban J connectivity index is 1.65. The number of nitrogens with zero attached hydrogens (tertiary/aromatic N) is 1.